The maximum Gasteiger partial charge on any atom is 0.261 e. The predicted molar refractivity (Wildman–Crippen MR) is 112 cm³/mol. The van der Waals surface area contributed by atoms with Crippen molar-refractivity contribution in [3.63, 3.8) is 0 Å². The standard InChI is InChI=1S/C19H14BrN5O2S/c20-13-8-6-12(7-9-13)17-22-14(27-25-17)10-28-19-23-16(21)15(18(26)24-19)11-4-2-1-3-5-11/h1-9H,10H2,(H3,21,23,24,26). The number of nitrogens with two attached hydrogens (primary N) is 1. The van der Waals surface area contributed by atoms with E-state index >= 15 is 0 Å². The van der Waals surface area contributed by atoms with Crippen LogP contribution in [0.25, 0.3) is 22.5 Å². The number of hydrogen-bond donors (Lipinski definition) is 2. The molecule has 4 aromatic rings. The summed E-state index contributed by atoms with van der Waals surface area (Å²) in [7, 11) is 0. The Morgan fingerprint density at radius 3 is 2.50 bits per heavy atom. The zero-order valence-electron chi connectivity index (χ0n) is 14.4. The van der Waals surface area contributed by atoms with Crippen LogP contribution < -0.4 is 11.3 Å². The fourth-order valence-electron chi connectivity index (χ4n) is 2.58. The van der Waals surface area contributed by atoms with Crippen LogP contribution in [0.4, 0.5) is 5.82 Å². The van der Waals surface area contributed by atoms with E-state index in [-0.39, 0.29) is 11.4 Å². The number of anilines is 1. The Hall–Kier alpha value is -2.91. The minimum Gasteiger partial charge on any atom is -0.383 e. The number of rotatable bonds is 5. The fourth-order valence-corrected chi connectivity index (χ4v) is 3.55. The van der Waals surface area contributed by atoms with E-state index < -0.39 is 0 Å². The molecule has 7 nitrogen and oxygen atoms in total. The van der Waals surface area contributed by atoms with Gasteiger partial charge in [0.25, 0.3) is 5.56 Å². The lowest BCUT2D eigenvalue weighted by atomic mass is 10.1. The molecule has 0 amide bonds. The zero-order chi connectivity index (χ0) is 19.5. The van der Waals surface area contributed by atoms with Crippen molar-refractivity contribution in [2.24, 2.45) is 0 Å². The Morgan fingerprint density at radius 1 is 1.04 bits per heavy atom. The van der Waals surface area contributed by atoms with Gasteiger partial charge in [-0.15, -0.1) is 0 Å². The second kappa shape index (κ2) is 7.99. The van der Waals surface area contributed by atoms with Crippen LogP contribution >= 0.6 is 27.7 Å². The quantitative estimate of drug-likeness (QED) is 0.343. The number of nitrogen functional groups attached to an aromatic ring is 1. The molecule has 3 N–H and O–H groups in total. The van der Waals surface area contributed by atoms with E-state index in [9.17, 15) is 4.79 Å². The average Bonchev–Trinajstić information content (AvgIpc) is 3.16. The highest BCUT2D eigenvalue weighted by Crippen LogP contribution is 2.25. The Kier molecular flexibility index (Phi) is 5.27. The van der Waals surface area contributed by atoms with E-state index in [1.807, 2.05) is 54.6 Å². The van der Waals surface area contributed by atoms with E-state index in [2.05, 4.69) is 36.0 Å². The minimum absolute atomic E-state index is 0.179. The number of aromatic amines is 1. The molecule has 0 radical (unpaired) electrons. The zero-order valence-corrected chi connectivity index (χ0v) is 16.8. The molecule has 0 aliphatic carbocycles. The third-order valence-electron chi connectivity index (χ3n) is 3.89. The van der Waals surface area contributed by atoms with Crippen molar-refractivity contribution in [1.29, 1.82) is 0 Å². The largest absolute Gasteiger partial charge is 0.383 e. The highest BCUT2D eigenvalue weighted by molar-refractivity contribution is 9.10. The van der Waals surface area contributed by atoms with E-state index in [1.165, 1.54) is 11.8 Å². The third kappa shape index (κ3) is 4.00. The fraction of sp³-hybridized carbons (Fsp3) is 0.0526. The summed E-state index contributed by atoms with van der Waals surface area (Å²) in [5, 5.41) is 4.38. The Labute approximate surface area is 172 Å². The van der Waals surface area contributed by atoms with E-state index in [4.69, 9.17) is 10.3 Å². The molecule has 2 aromatic carbocycles. The lowest BCUT2D eigenvalue weighted by Gasteiger charge is -2.06. The van der Waals surface area contributed by atoms with Crippen molar-refractivity contribution >= 4 is 33.5 Å². The molecular formula is C19H14BrN5O2S. The molecule has 0 unspecified atom stereocenters. The Bertz CT molecular complexity index is 1160. The summed E-state index contributed by atoms with van der Waals surface area (Å²) < 4.78 is 6.25. The molecule has 9 heteroatoms. The number of hydrogen-bond acceptors (Lipinski definition) is 7. The van der Waals surface area contributed by atoms with Crippen LogP contribution in [0.3, 0.4) is 0 Å². The first-order valence-electron chi connectivity index (χ1n) is 8.26. The molecular weight excluding hydrogens is 442 g/mol. The predicted octanol–water partition coefficient (Wildman–Crippen LogP) is 4.12. The number of halogens is 1. The number of benzene rings is 2. The van der Waals surface area contributed by atoms with Crippen LogP contribution in [-0.2, 0) is 5.75 Å². The van der Waals surface area contributed by atoms with Crippen LogP contribution in [0.2, 0.25) is 0 Å². The number of nitrogens with zero attached hydrogens (tertiary/aromatic N) is 3. The molecule has 2 heterocycles. The van der Waals surface area contributed by atoms with Gasteiger partial charge in [-0.3, -0.25) is 4.79 Å². The monoisotopic (exact) mass is 455 g/mol. The summed E-state index contributed by atoms with van der Waals surface area (Å²) in [6.45, 7) is 0. The van der Waals surface area contributed by atoms with Crippen molar-refractivity contribution in [3.05, 3.63) is 75.3 Å². The van der Waals surface area contributed by atoms with Crippen molar-refractivity contribution < 1.29 is 4.52 Å². The summed E-state index contributed by atoms with van der Waals surface area (Å²) in [4.78, 5) is 23.9. The van der Waals surface area contributed by atoms with Gasteiger partial charge in [0.1, 0.15) is 5.82 Å². The number of nitrogens with one attached hydrogen (secondary N) is 1. The van der Waals surface area contributed by atoms with Crippen molar-refractivity contribution in [2.45, 2.75) is 10.9 Å². The highest BCUT2D eigenvalue weighted by atomic mass is 79.9. The van der Waals surface area contributed by atoms with Gasteiger partial charge < -0.3 is 15.2 Å². The second-order valence-electron chi connectivity index (χ2n) is 5.80. The van der Waals surface area contributed by atoms with Crippen LogP contribution in [0.5, 0.6) is 0 Å². The molecule has 140 valence electrons. The molecule has 2 aromatic heterocycles. The lowest BCUT2D eigenvalue weighted by molar-refractivity contribution is 0.391. The molecule has 0 aliphatic rings. The number of aromatic nitrogens is 4. The van der Waals surface area contributed by atoms with Gasteiger partial charge >= 0.3 is 0 Å². The Morgan fingerprint density at radius 2 is 1.79 bits per heavy atom. The van der Waals surface area contributed by atoms with Gasteiger partial charge in [0, 0.05) is 10.0 Å². The van der Waals surface area contributed by atoms with Gasteiger partial charge in [0.15, 0.2) is 5.16 Å². The van der Waals surface area contributed by atoms with E-state index in [0.29, 0.717) is 28.2 Å². The van der Waals surface area contributed by atoms with Gasteiger partial charge in [-0.2, -0.15) is 4.98 Å². The minimum atomic E-state index is -0.290. The Balaban J connectivity index is 1.50. The SMILES string of the molecule is Nc1nc(SCc2nc(-c3ccc(Br)cc3)no2)[nH]c(=O)c1-c1ccccc1. The first-order valence-corrected chi connectivity index (χ1v) is 10.0. The highest BCUT2D eigenvalue weighted by Gasteiger charge is 2.13. The summed E-state index contributed by atoms with van der Waals surface area (Å²) >= 11 is 4.66. The third-order valence-corrected chi connectivity index (χ3v) is 5.28. The average molecular weight is 456 g/mol. The van der Waals surface area contributed by atoms with Gasteiger partial charge in [0.05, 0.1) is 11.3 Å². The summed E-state index contributed by atoms with van der Waals surface area (Å²) in [5.74, 6) is 1.47. The number of thioether (sulfide) groups is 1. The molecule has 0 saturated carbocycles. The van der Waals surface area contributed by atoms with Gasteiger partial charge in [-0.1, -0.05) is 63.2 Å². The molecule has 0 spiro atoms. The topological polar surface area (TPSA) is 111 Å². The van der Waals surface area contributed by atoms with Gasteiger partial charge in [-0.25, -0.2) is 4.98 Å². The molecule has 28 heavy (non-hydrogen) atoms. The van der Waals surface area contributed by atoms with Crippen molar-refractivity contribution in [2.75, 3.05) is 5.73 Å². The second-order valence-corrected chi connectivity index (χ2v) is 7.68. The summed E-state index contributed by atoms with van der Waals surface area (Å²) in [5.41, 5.74) is 7.66. The number of H-pyrrole nitrogens is 1. The van der Waals surface area contributed by atoms with Crippen molar-refractivity contribution in [3.8, 4) is 22.5 Å². The van der Waals surface area contributed by atoms with E-state index in [1.54, 1.807) is 0 Å². The van der Waals surface area contributed by atoms with E-state index in [0.717, 1.165) is 15.6 Å². The smallest absolute Gasteiger partial charge is 0.261 e. The maximum absolute atomic E-state index is 12.4. The molecule has 0 aliphatic heterocycles. The molecule has 0 bridgehead atoms. The van der Waals surface area contributed by atoms with Crippen LogP contribution in [0.1, 0.15) is 5.89 Å². The van der Waals surface area contributed by atoms with Crippen molar-refractivity contribution in [1.82, 2.24) is 20.1 Å². The first kappa shape index (κ1) is 18.5. The molecule has 0 atom stereocenters. The van der Waals surface area contributed by atoms with Gasteiger partial charge in [-0.05, 0) is 29.8 Å². The molecule has 4 rings (SSSR count). The van der Waals surface area contributed by atoms with Crippen LogP contribution in [-0.4, -0.2) is 20.1 Å². The first-order chi connectivity index (χ1) is 13.6. The normalized spacial score (nSPS) is 10.9. The van der Waals surface area contributed by atoms with Crippen LogP contribution in [0.15, 0.2) is 73.5 Å². The lowest BCUT2D eigenvalue weighted by Crippen LogP contribution is -2.15. The molecule has 0 saturated heterocycles. The van der Waals surface area contributed by atoms with Crippen LogP contribution in [0, 0.1) is 0 Å². The molecule has 0 fully saturated rings. The van der Waals surface area contributed by atoms with Gasteiger partial charge in [0.2, 0.25) is 11.7 Å². The summed E-state index contributed by atoms with van der Waals surface area (Å²) in [6, 6.07) is 16.8. The maximum atomic E-state index is 12.4. The summed E-state index contributed by atoms with van der Waals surface area (Å²) in [6.07, 6.45) is 0.